The maximum Gasteiger partial charge on any atom is 0.0543 e. The quantitative estimate of drug-likeness (QED) is 0.140. The molecule has 342 valence electrons. The lowest BCUT2D eigenvalue weighted by molar-refractivity contribution is 0.660. The van der Waals surface area contributed by atoms with E-state index in [4.69, 9.17) is 0 Å². The van der Waals surface area contributed by atoms with E-state index in [1.807, 2.05) is 0 Å². The first kappa shape index (κ1) is 42.2. The third-order valence-electron chi connectivity index (χ3n) is 16.2. The highest BCUT2D eigenvalue weighted by Gasteiger charge is 2.39. The van der Waals surface area contributed by atoms with E-state index in [9.17, 15) is 0 Å². The molecule has 2 aliphatic carbocycles. The highest BCUT2D eigenvalue weighted by molar-refractivity contribution is 6.28. The Morgan fingerprint density at radius 3 is 1.03 bits per heavy atom. The Balaban J connectivity index is 1.01. The Hall–Kier alpha value is -8.72. The summed E-state index contributed by atoms with van der Waals surface area (Å²) in [5, 5.41) is 7.42. The van der Waals surface area contributed by atoms with Crippen molar-refractivity contribution in [2.45, 2.75) is 38.5 Å². The molecule has 0 unspecified atom stereocenters. The van der Waals surface area contributed by atoms with Crippen LogP contribution in [0, 0.1) is 0 Å². The predicted octanol–water partition coefficient (Wildman–Crippen LogP) is 19.5. The molecule has 0 bridgehead atoms. The van der Waals surface area contributed by atoms with Gasteiger partial charge in [-0.25, -0.2) is 0 Å². The van der Waals surface area contributed by atoms with Crippen LogP contribution in [0.2, 0.25) is 0 Å². The summed E-state index contributed by atoms with van der Waals surface area (Å²) in [4.78, 5) is 5.07. The maximum absolute atomic E-state index is 2.53. The first-order valence-electron chi connectivity index (χ1n) is 25.3. The molecule has 2 aliphatic rings. The summed E-state index contributed by atoms with van der Waals surface area (Å²) >= 11 is 0. The van der Waals surface area contributed by atoms with Crippen LogP contribution in [0.5, 0.6) is 0 Å². The lowest BCUT2D eigenvalue weighted by atomic mass is 9.82. The number of anilines is 6. The number of benzene rings is 12. The number of nitrogens with zero attached hydrogens (tertiary/aromatic N) is 2. The number of fused-ring (bicyclic) bond motifs is 6. The molecule has 0 fully saturated rings. The SMILES string of the molecule is CC1(C)c2ccccc2-c2c(N(c3ccc(-c4ccccc4)cc3)c3ccc4ccc5c(N(c6ccc(-c7ccccc7)cc6)c6cccc7c6-c6ccccc6C7(C)C)ccc6ccc3c4c65)cccc21. The minimum atomic E-state index is -0.145. The standard InChI is InChI=1S/C70H52N2/c1-69(2)57-23-13-11-21-53(57)67-59(69)25-15-27-63(67)71(51-37-29-47(30-38-51)45-17-7-5-8-18-45)61-43-35-49-34-42-56-62(44-36-50-33-41-55(61)65(49)66(50)56)72(52-39-31-48(32-40-52)46-19-9-6-10-20-46)64-28-16-26-60-68(64)54-22-12-14-24-58(54)70(60,3)4/h5-44H,1-4H3. The van der Waals surface area contributed by atoms with Gasteiger partial charge in [-0.05, 0) is 126 Å². The van der Waals surface area contributed by atoms with Gasteiger partial charge in [-0.15, -0.1) is 0 Å². The highest BCUT2D eigenvalue weighted by Crippen LogP contribution is 2.57. The van der Waals surface area contributed by atoms with E-state index in [-0.39, 0.29) is 10.8 Å². The van der Waals surface area contributed by atoms with Crippen LogP contribution in [0.25, 0.3) is 76.8 Å². The molecule has 2 nitrogen and oxygen atoms in total. The van der Waals surface area contributed by atoms with E-state index in [2.05, 4.69) is 280 Å². The predicted molar refractivity (Wildman–Crippen MR) is 306 cm³/mol. The Labute approximate surface area is 422 Å². The zero-order valence-electron chi connectivity index (χ0n) is 41.0. The molecular formula is C70H52N2. The molecule has 2 heteroatoms. The van der Waals surface area contributed by atoms with Crippen LogP contribution in [0.1, 0.15) is 49.9 Å². The lowest BCUT2D eigenvalue weighted by Gasteiger charge is -2.31. The van der Waals surface area contributed by atoms with Gasteiger partial charge in [0, 0.05) is 44.1 Å². The summed E-state index contributed by atoms with van der Waals surface area (Å²) in [5.74, 6) is 0. The molecule has 0 N–H and O–H groups in total. The van der Waals surface area contributed by atoms with Crippen LogP contribution in [0.3, 0.4) is 0 Å². The molecule has 0 aromatic heterocycles. The van der Waals surface area contributed by atoms with E-state index in [1.54, 1.807) is 0 Å². The summed E-state index contributed by atoms with van der Waals surface area (Å²) in [5.41, 5.74) is 22.1. The maximum atomic E-state index is 2.53. The second-order valence-corrected chi connectivity index (χ2v) is 20.8. The van der Waals surface area contributed by atoms with Crippen molar-refractivity contribution >= 4 is 66.4 Å². The first-order chi connectivity index (χ1) is 35.3. The van der Waals surface area contributed by atoms with Crippen molar-refractivity contribution < 1.29 is 0 Å². The number of hydrogen-bond donors (Lipinski definition) is 0. The molecule has 0 spiro atoms. The van der Waals surface area contributed by atoms with Gasteiger partial charge in [0.2, 0.25) is 0 Å². The van der Waals surface area contributed by atoms with Crippen LogP contribution in [-0.4, -0.2) is 0 Å². The fourth-order valence-corrected chi connectivity index (χ4v) is 12.7. The molecule has 0 aliphatic heterocycles. The molecule has 0 amide bonds. The van der Waals surface area contributed by atoms with Crippen LogP contribution in [-0.2, 0) is 10.8 Å². The monoisotopic (exact) mass is 920 g/mol. The van der Waals surface area contributed by atoms with Crippen molar-refractivity contribution in [3.63, 3.8) is 0 Å². The molecule has 0 heterocycles. The topological polar surface area (TPSA) is 6.48 Å². The summed E-state index contributed by atoms with van der Waals surface area (Å²) < 4.78 is 0. The molecule has 14 rings (SSSR count). The molecular weight excluding hydrogens is 869 g/mol. The zero-order chi connectivity index (χ0) is 48.3. The summed E-state index contributed by atoms with van der Waals surface area (Å²) in [6.45, 7) is 9.49. The molecule has 72 heavy (non-hydrogen) atoms. The fourth-order valence-electron chi connectivity index (χ4n) is 12.7. The van der Waals surface area contributed by atoms with E-state index < -0.39 is 0 Å². The molecule has 12 aromatic rings. The Morgan fingerprint density at radius 2 is 0.611 bits per heavy atom. The van der Waals surface area contributed by atoms with E-state index >= 15 is 0 Å². The molecule has 0 atom stereocenters. The van der Waals surface area contributed by atoms with Crippen molar-refractivity contribution in [1.29, 1.82) is 0 Å². The van der Waals surface area contributed by atoms with Crippen molar-refractivity contribution in [2.75, 3.05) is 9.80 Å². The Morgan fingerprint density at radius 1 is 0.264 bits per heavy atom. The van der Waals surface area contributed by atoms with Gasteiger partial charge < -0.3 is 9.80 Å². The van der Waals surface area contributed by atoms with E-state index in [0.29, 0.717) is 0 Å². The summed E-state index contributed by atoms with van der Waals surface area (Å²) in [6.07, 6.45) is 0. The van der Waals surface area contributed by atoms with E-state index in [0.717, 1.165) is 22.7 Å². The van der Waals surface area contributed by atoms with E-state index in [1.165, 1.54) is 110 Å². The second kappa shape index (κ2) is 15.9. The largest absolute Gasteiger partial charge is 0.309 e. The van der Waals surface area contributed by atoms with Gasteiger partial charge in [-0.3, -0.25) is 0 Å². The minimum absolute atomic E-state index is 0.145. The lowest BCUT2D eigenvalue weighted by Crippen LogP contribution is -2.16. The number of hydrogen-bond acceptors (Lipinski definition) is 2. The Bertz CT molecular complexity index is 3800. The molecule has 0 saturated carbocycles. The molecule has 12 aromatic carbocycles. The van der Waals surface area contributed by atoms with Crippen LogP contribution in [0.15, 0.2) is 243 Å². The molecule has 0 saturated heterocycles. The first-order valence-corrected chi connectivity index (χ1v) is 25.3. The zero-order valence-corrected chi connectivity index (χ0v) is 41.0. The minimum Gasteiger partial charge on any atom is -0.309 e. The second-order valence-electron chi connectivity index (χ2n) is 20.8. The summed E-state index contributed by atoms with van der Waals surface area (Å²) in [6, 6.07) is 90.5. The van der Waals surface area contributed by atoms with Gasteiger partial charge in [0.25, 0.3) is 0 Å². The van der Waals surface area contributed by atoms with Gasteiger partial charge in [-0.1, -0.05) is 222 Å². The Kier molecular flexibility index (Phi) is 9.32. The normalized spacial score (nSPS) is 13.8. The summed E-state index contributed by atoms with van der Waals surface area (Å²) in [7, 11) is 0. The van der Waals surface area contributed by atoms with Crippen LogP contribution < -0.4 is 9.80 Å². The van der Waals surface area contributed by atoms with Gasteiger partial charge >= 0.3 is 0 Å². The third kappa shape index (κ3) is 6.22. The van der Waals surface area contributed by atoms with Crippen molar-refractivity contribution in [2.24, 2.45) is 0 Å². The van der Waals surface area contributed by atoms with Crippen molar-refractivity contribution in [3.05, 3.63) is 265 Å². The van der Waals surface area contributed by atoms with Crippen LogP contribution in [0.4, 0.5) is 34.1 Å². The molecule has 0 radical (unpaired) electrons. The average Bonchev–Trinajstić information content (AvgIpc) is 3.82. The fraction of sp³-hybridized carbons (Fsp3) is 0.0857. The average molecular weight is 921 g/mol. The van der Waals surface area contributed by atoms with Gasteiger partial charge in [0.15, 0.2) is 0 Å². The van der Waals surface area contributed by atoms with Gasteiger partial charge in [0.05, 0.1) is 22.7 Å². The van der Waals surface area contributed by atoms with Gasteiger partial charge in [-0.2, -0.15) is 0 Å². The highest BCUT2D eigenvalue weighted by atomic mass is 15.2. The van der Waals surface area contributed by atoms with Crippen LogP contribution >= 0.6 is 0 Å². The smallest absolute Gasteiger partial charge is 0.0543 e. The van der Waals surface area contributed by atoms with Crippen molar-refractivity contribution in [3.8, 4) is 44.5 Å². The third-order valence-corrected chi connectivity index (χ3v) is 16.2. The number of rotatable bonds is 8. The van der Waals surface area contributed by atoms with Crippen molar-refractivity contribution in [1.82, 2.24) is 0 Å². The van der Waals surface area contributed by atoms with Gasteiger partial charge in [0.1, 0.15) is 0 Å².